The van der Waals surface area contributed by atoms with Gasteiger partial charge in [-0.25, -0.2) is 0 Å². The Hall–Kier alpha value is -3.00. The lowest BCUT2D eigenvalue weighted by Gasteiger charge is -2.19. The number of ether oxygens (including phenoxy) is 1. The largest absolute Gasteiger partial charge is 0.497 e. The van der Waals surface area contributed by atoms with Gasteiger partial charge in [-0.05, 0) is 43.3 Å². The molecule has 0 saturated carbocycles. The molecule has 0 radical (unpaired) electrons. The lowest BCUT2D eigenvalue weighted by atomic mass is 10.3. The van der Waals surface area contributed by atoms with Crippen molar-refractivity contribution in [2.75, 3.05) is 37.9 Å². The SMILES string of the molecule is COc1ccc(-n2c(C)nnc2SCC(=O)NCCN(C)c2ccccc2)cc1. The normalized spacial score (nSPS) is 10.6. The van der Waals surface area contributed by atoms with E-state index < -0.39 is 0 Å². The molecule has 0 unspecified atom stereocenters. The summed E-state index contributed by atoms with van der Waals surface area (Å²) in [5, 5.41) is 12.0. The molecule has 0 aliphatic rings. The zero-order valence-electron chi connectivity index (χ0n) is 16.8. The van der Waals surface area contributed by atoms with Crippen LogP contribution in [0.2, 0.25) is 0 Å². The molecule has 0 bridgehead atoms. The molecule has 3 aromatic rings. The molecular formula is C21H25N5O2S. The molecular weight excluding hydrogens is 386 g/mol. The molecule has 152 valence electrons. The van der Waals surface area contributed by atoms with Crippen molar-refractivity contribution in [3.05, 3.63) is 60.4 Å². The summed E-state index contributed by atoms with van der Waals surface area (Å²) in [5.41, 5.74) is 2.06. The molecule has 2 aromatic carbocycles. The van der Waals surface area contributed by atoms with Crippen LogP contribution in [0.3, 0.4) is 0 Å². The van der Waals surface area contributed by atoms with Gasteiger partial charge in [0.25, 0.3) is 0 Å². The number of carbonyl (C=O) groups excluding carboxylic acids is 1. The summed E-state index contributed by atoms with van der Waals surface area (Å²) >= 11 is 1.37. The van der Waals surface area contributed by atoms with E-state index in [0.29, 0.717) is 11.7 Å². The van der Waals surface area contributed by atoms with Gasteiger partial charge < -0.3 is 15.0 Å². The fourth-order valence-corrected chi connectivity index (χ4v) is 3.65. The van der Waals surface area contributed by atoms with E-state index in [1.807, 2.05) is 73.1 Å². The predicted octanol–water partition coefficient (Wildman–Crippen LogP) is 2.93. The van der Waals surface area contributed by atoms with Gasteiger partial charge in [0.05, 0.1) is 12.9 Å². The van der Waals surface area contributed by atoms with Crippen LogP contribution < -0.4 is 15.0 Å². The van der Waals surface area contributed by atoms with Crippen molar-refractivity contribution in [2.24, 2.45) is 0 Å². The van der Waals surface area contributed by atoms with E-state index in [0.717, 1.165) is 29.5 Å². The Balaban J connectivity index is 1.51. The van der Waals surface area contributed by atoms with Gasteiger partial charge in [-0.15, -0.1) is 10.2 Å². The highest BCUT2D eigenvalue weighted by molar-refractivity contribution is 7.99. The van der Waals surface area contributed by atoms with E-state index in [-0.39, 0.29) is 11.7 Å². The Kier molecular flexibility index (Phi) is 7.13. The molecule has 7 nitrogen and oxygen atoms in total. The number of carbonyl (C=O) groups is 1. The number of aromatic nitrogens is 3. The fourth-order valence-electron chi connectivity index (χ4n) is 2.82. The van der Waals surface area contributed by atoms with Crippen molar-refractivity contribution in [3.8, 4) is 11.4 Å². The highest BCUT2D eigenvalue weighted by Crippen LogP contribution is 2.23. The number of para-hydroxylation sites is 1. The molecule has 1 amide bonds. The maximum Gasteiger partial charge on any atom is 0.230 e. The lowest BCUT2D eigenvalue weighted by Crippen LogP contribution is -2.33. The first-order valence-electron chi connectivity index (χ1n) is 9.30. The molecule has 29 heavy (non-hydrogen) atoms. The van der Waals surface area contributed by atoms with E-state index >= 15 is 0 Å². The number of benzene rings is 2. The second-order valence-corrected chi connectivity index (χ2v) is 7.40. The quantitative estimate of drug-likeness (QED) is 0.546. The lowest BCUT2D eigenvalue weighted by molar-refractivity contribution is -0.118. The maximum atomic E-state index is 12.2. The van der Waals surface area contributed by atoms with Gasteiger partial charge in [0, 0.05) is 31.5 Å². The van der Waals surface area contributed by atoms with Crippen LogP contribution in [0, 0.1) is 6.92 Å². The van der Waals surface area contributed by atoms with Crippen molar-refractivity contribution in [1.82, 2.24) is 20.1 Å². The number of nitrogens with one attached hydrogen (secondary N) is 1. The van der Waals surface area contributed by atoms with E-state index in [4.69, 9.17) is 4.74 Å². The van der Waals surface area contributed by atoms with E-state index in [1.54, 1.807) is 7.11 Å². The topological polar surface area (TPSA) is 72.3 Å². The number of hydrogen-bond acceptors (Lipinski definition) is 6. The number of thioether (sulfide) groups is 1. The molecule has 0 saturated heterocycles. The number of nitrogens with zero attached hydrogens (tertiary/aromatic N) is 4. The van der Waals surface area contributed by atoms with Gasteiger partial charge in [0.15, 0.2) is 5.16 Å². The van der Waals surface area contributed by atoms with Crippen LogP contribution in [0.1, 0.15) is 5.82 Å². The number of amides is 1. The van der Waals surface area contributed by atoms with Crippen LogP contribution >= 0.6 is 11.8 Å². The van der Waals surface area contributed by atoms with Gasteiger partial charge in [-0.1, -0.05) is 30.0 Å². The first-order chi connectivity index (χ1) is 14.1. The zero-order valence-corrected chi connectivity index (χ0v) is 17.6. The summed E-state index contributed by atoms with van der Waals surface area (Å²) in [5.74, 6) is 1.80. The Bertz CT molecular complexity index is 928. The first-order valence-corrected chi connectivity index (χ1v) is 10.3. The van der Waals surface area contributed by atoms with Crippen LogP contribution in [-0.4, -0.2) is 53.7 Å². The smallest absolute Gasteiger partial charge is 0.230 e. The van der Waals surface area contributed by atoms with E-state index in [9.17, 15) is 4.79 Å². The fraction of sp³-hybridized carbons (Fsp3) is 0.286. The van der Waals surface area contributed by atoms with E-state index in [1.165, 1.54) is 11.8 Å². The summed E-state index contributed by atoms with van der Waals surface area (Å²) < 4.78 is 7.14. The zero-order chi connectivity index (χ0) is 20.6. The molecule has 0 fully saturated rings. The summed E-state index contributed by atoms with van der Waals surface area (Å²) in [6, 6.07) is 17.8. The Labute approximate surface area is 175 Å². The second-order valence-electron chi connectivity index (χ2n) is 6.46. The molecule has 0 aliphatic carbocycles. The number of rotatable bonds is 9. The predicted molar refractivity (Wildman–Crippen MR) is 116 cm³/mol. The molecule has 1 N–H and O–H groups in total. The summed E-state index contributed by atoms with van der Waals surface area (Å²) in [4.78, 5) is 14.4. The standard InChI is InChI=1S/C21H25N5O2S/c1-16-23-24-21(26(16)18-9-11-19(28-3)12-10-18)29-15-20(27)22-13-14-25(2)17-7-5-4-6-8-17/h4-12H,13-15H2,1-3H3,(H,22,27). The van der Waals surface area contributed by atoms with Crippen LogP contribution in [0.25, 0.3) is 5.69 Å². The highest BCUT2D eigenvalue weighted by Gasteiger charge is 2.13. The first kappa shape index (κ1) is 20.7. The average molecular weight is 412 g/mol. The summed E-state index contributed by atoms with van der Waals surface area (Å²) in [6.45, 7) is 3.21. The Morgan fingerprint density at radius 1 is 1.14 bits per heavy atom. The minimum Gasteiger partial charge on any atom is -0.497 e. The van der Waals surface area contributed by atoms with Crippen LogP contribution in [0.4, 0.5) is 5.69 Å². The van der Waals surface area contributed by atoms with Crippen molar-refractivity contribution >= 4 is 23.4 Å². The minimum absolute atomic E-state index is 0.0293. The number of methoxy groups -OCH3 is 1. The molecule has 0 aliphatic heterocycles. The average Bonchev–Trinajstić information content (AvgIpc) is 3.13. The van der Waals surface area contributed by atoms with Gasteiger partial charge in [-0.2, -0.15) is 0 Å². The number of hydrogen-bond donors (Lipinski definition) is 1. The van der Waals surface area contributed by atoms with Crippen LogP contribution in [0.5, 0.6) is 5.75 Å². The van der Waals surface area contributed by atoms with Crippen molar-refractivity contribution in [1.29, 1.82) is 0 Å². The molecule has 8 heteroatoms. The van der Waals surface area contributed by atoms with Gasteiger partial charge in [0.2, 0.25) is 5.91 Å². The monoisotopic (exact) mass is 411 g/mol. The molecule has 0 atom stereocenters. The molecule has 0 spiro atoms. The third-order valence-corrected chi connectivity index (χ3v) is 5.35. The Morgan fingerprint density at radius 2 is 1.86 bits per heavy atom. The Morgan fingerprint density at radius 3 is 2.55 bits per heavy atom. The summed E-state index contributed by atoms with van der Waals surface area (Å²) in [6.07, 6.45) is 0. The minimum atomic E-state index is -0.0293. The number of likely N-dealkylation sites (N-methyl/N-ethyl adjacent to an activating group) is 1. The van der Waals surface area contributed by atoms with Crippen molar-refractivity contribution in [2.45, 2.75) is 12.1 Å². The van der Waals surface area contributed by atoms with E-state index in [2.05, 4.69) is 20.4 Å². The van der Waals surface area contributed by atoms with Gasteiger partial charge in [-0.3, -0.25) is 9.36 Å². The molecule has 1 aromatic heterocycles. The highest BCUT2D eigenvalue weighted by atomic mass is 32.2. The van der Waals surface area contributed by atoms with Crippen molar-refractivity contribution < 1.29 is 9.53 Å². The third-order valence-electron chi connectivity index (χ3n) is 4.42. The van der Waals surface area contributed by atoms with Gasteiger partial charge in [0.1, 0.15) is 11.6 Å². The third kappa shape index (κ3) is 5.51. The number of anilines is 1. The van der Waals surface area contributed by atoms with Gasteiger partial charge >= 0.3 is 0 Å². The van der Waals surface area contributed by atoms with Crippen molar-refractivity contribution in [3.63, 3.8) is 0 Å². The second kappa shape index (κ2) is 9.97. The van der Waals surface area contributed by atoms with Crippen LogP contribution in [0.15, 0.2) is 59.8 Å². The van der Waals surface area contributed by atoms with Crippen LogP contribution in [-0.2, 0) is 4.79 Å². The molecule has 1 heterocycles. The maximum absolute atomic E-state index is 12.2. The summed E-state index contributed by atoms with van der Waals surface area (Å²) in [7, 11) is 3.65. The molecule has 3 rings (SSSR count). The number of aryl methyl sites for hydroxylation is 1.